The van der Waals surface area contributed by atoms with Crippen molar-refractivity contribution in [1.29, 1.82) is 0 Å². The first-order chi connectivity index (χ1) is 49.6. The predicted octanol–water partition coefficient (Wildman–Crippen LogP) is 24.8. The molecule has 3 aromatic heterocycles. The molecule has 5 heterocycles. The van der Waals surface area contributed by atoms with Crippen molar-refractivity contribution < 1.29 is 0 Å². The lowest BCUT2D eigenvalue weighted by molar-refractivity contribution is 0.444. The van der Waals surface area contributed by atoms with Crippen LogP contribution >= 0.6 is 0 Å². The molecule has 14 aromatic rings. The Morgan fingerprint density at radius 1 is 0.320 bits per heavy atom. The number of aromatic nitrogens is 4. The van der Waals surface area contributed by atoms with Crippen LogP contribution in [0.3, 0.4) is 0 Å². The molecule has 0 N–H and O–H groups in total. The van der Waals surface area contributed by atoms with E-state index in [9.17, 15) is 0 Å². The lowest BCUT2D eigenvalue weighted by Gasteiger charge is -2.35. The van der Waals surface area contributed by atoms with Gasteiger partial charge in [-0.25, -0.2) is 9.97 Å². The third kappa shape index (κ3) is 11.2. The number of hydrogen-bond acceptors (Lipinski definition) is 2. The van der Waals surface area contributed by atoms with Crippen LogP contribution in [-0.4, -0.2) is 25.8 Å². The summed E-state index contributed by atoms with van der Waals surface area (Å²) >= 11 is 0. The molecule has 4 nitrogen and oxygen atoms in total. The standard InChI is InChI=1S/C98H95BN4/c1-95(2,3)73-43-70(44-74(57-73)96(4,5)6)83-59-84(71-45-75(97(7,8)9)58-76(46-71)98(10,11)12)101-94(100-83)72-55-87-91-88(56-72)103-86-54-69(63-37-25-16-26-38-63)48-78(65-41-29-18-30-42-65)90(86)80-50-67(61-33-21-14-22-34-61)52-82(93(80)103)99(91)81-51-66(60-31-19-13-20-32-60)49-79-89-77(64-39-27-17-28-40-64)47-68(62-35-23-15-24-36-62)53-85(89)102(87)92(79)81/h15-18,23-30,35-61H,13-14,19-22,31-34H2,1-12H3. The van der Waals surface area contributed by atoms with E-state index >= 15 is 0 Å². The van der Waals surface area contributed by atoms with Crippen molar-refractivity contribution in [3.63, 3.8) is 0 Å². The highest BCUT2D eigenvalue weighted by atomic mass is 15.0. The maximum atomic E-state index is 6.05. The van der Waals surface area contributed by atoms with E-state index in [2.05, 4.69) is 317 Å². The van der Waals surface area contributed by atoms with Crippen molar-refractivity contribution in [3.8, 4) is 89.8 Å². The van der Waals surface area contributed by atoms with Gasteiger partial charge in [0, 0.05) is 60.6 Å². The summed E-state index contributed by atoms with van der Waals surface area (Å²) in [6.45, 7) is 28.1. The van der Waals surface area contributed by atoms with Gasteiger partial charge in [0.1, 0.15) is 0 Å². The van der Waals surface area contributed by atoms with Crippen LogP contribution in [0, 0.1) is 0 Å². The van der Waals surface area contributed by atoms with E-state index < -0.39 is 0 Å². The monoisotopic (exact) mass is 1340 g/mol. The molecule has 510 valence electrons. The van der Waals surface area contributed by atoms with Crippen molar-refractivity contribution in [2.24, 2.45) is 0 Å². The minimum atomic E-state index is -0.118. The van der Waals surface area contributed by atoms with Crippen molar-refractivity contribution in [2.75, 3.05) is 0 Å². The van der Waals surface area contributed by atoms with E-state index in [1.807, 2.05) is 0 Å². The Kier molecular flexibility index (Phi) is 15.4. The first-order valence-electron chi connectivity index (χ1n) is 38.5. The molecule has 0 amide bonds. The summed E-state index contributed by atoms with van der Waals surface area (Å²) in [4.78, 5) is 12.1. The van der Waals surface area contributed by atoms with Crippen LogP contribution in [0.5, 0.6) is 0 Å². The van der Waals surface area contributed by atoms with Gasteiger partial charge in [-0.15, -0.1) is 0 Å². The van der Waals surface area contributed by atoms with Crippen LogP contribution in [0.4, 0.5) is 0 Å². The Balaban J connectivity index is 1.04. The highest BCUT2D eigenvalue weighted by Gasteiger charge is 2.44. The van der Waals surface area contributed by atoms with Crippen LogP contribution in [0.2, 0.25) is 0 Å². The topological polar surface area (TPSA) is 35.6 Å². The molecular formula is C98H95BN4. The van der Waals surface area contributed by atoms with Gasteiger partial charge < -0.3 is 9.13 Å². The molecule has 2 fully saturated rings. The number of benzene rings is 11. The van der Waals surface area contributed by atoms with Gasteiger partial charge in [-0.05, 0) is 232 Å². The second-order valence-corrected chi connectivity index (χ2v) is 35.1. The van der Waals surface area contributed by atoms with Crippen LogP contribution in [-0.2, 0) is 21.7 Å². The van der Waals surface area contributed by atoms with E-state index in [1.54, 1.807) is 0 Å². The highest BCUT2D eigenvalue weighted by Crippen LogP contribution is 2.50. The fourth-order valence-electron chi connectivity index (χ4n) is 18.3. The Hall–Kier alpha value is -9.84. The number of hydrogen-bond donors (Lipinski definition) is 0. The van der Waals surface area contributed by atoms with E-state index in [1.165, 1.54) is 213 Å². The van der Waals surface area contributed by atoms with Gasteiger partial charge in [-0.3, -0.25) is 0 Å². The Bertz CT molecular complexity index is 5300. The molecule has 0 saturated heterocycles. The van der Waals surface area contributed by atoms with Crippen LogP contribution in [0.15, 0.2) is 224 Å². The van der Waals surface area contributed by atoms with Gasteiger partial charge >= 0.3 is 0 Å². The third-order valence-corrected chi connectivity index (χ3v) is 24.0. The molecule has 11 aromatic carbocycles. The summed E-state index contributed by atoms with van der Waals surface area (Å²) in [7, 11) is 0. The SMILES string of the molecule is CC(C)(C)c1cc(-c2cc(-c3cc(C(C)(C)C)cc(C(C)(C)C)c3)nc(-c3cc4c5c(c3)-n3c6cc(-c7ccccc7)cc(-c7ccccc7)c6c6cc(C7CCCCC7)cc(c63)B5c3cc(C5CCCCC5)cc5c6c(-c7ccccc7)cc(-c7ccccc7)cc6n-4c35)n2)cc(C(C)(C)C)c1. The first kappa shape index (κ1) is 65.2. The van der Waals surface area contributed by atoms with E-state index in [-0.39, 0.29) is 28.4 Å². The summed E-state index contributed by atoms with van der Waals surface area (Å²) in [6, 6.07) is 87.7. The van der Waals surface area contributed by atoms with Crippen molar-refractivity contribution in [2.45, 2.75) is 181 Å². The Labute approximate surface area is 610 Å². The number of fused-ring (bicyclic) bond motifs is 10. The second-order valence-electron chi connectivity index (χ2n) is 35.1. The molecule has 0 bridgehead atoms. The zero-order chi connectivity index (χ0) is 70.6. The molecule has 18 rings (SSSR count). The van der Waals surface area contributed by atoms with Crippen LogP contribution in [0.1, 0.15) is 193 Å². The minimum absolute atomic E-state index is 0.0954. The van der Waals surface area contributed by atoms with Crippen molar-refractivity contribution in [3.05, 3.63) is 258 Å². The van der Waals surface area contributed by atoms with Gasteiger partial charge in [0.05, 0.1) is 22.4 Å². The molecule has 4 aliphatic rings. The summed E-state index contributed by atoms with van der Waals surface area (Å²) in [5.74, 6) is 1.65. The van der Waals surface area contributed by atoms with Gasteiger partial charge in [0.25, 0.3) is 6.71 Å². The number of nitrogens with zero attached hydrogens (tertiary/aromatic N) is 4. The number of rotatable bonds is 9. The molecule has 0 spiro atoms. The summed E-state index contributed by atoms with van der Waals surface area (Å²) in [5.41, 5.74) is 34.2. The summed E-state index contributed by atoms with van der Waals surface area (Å²) in [5, 5.41) is 5.31. The largest absolute Gasteiger partial charge is 0.310 e. The maximum Gasteiger partial charge on any atom is 0.252 e. The zero-order valence-corrected chi connectivity index (χ0v) is 62.5. The third-order valence-electron chi connectivity index (χ3n) is 24.0. The van der Waals surface area contributed by atoms with Crippen LogP contribution in [0.25, 0.3) is 133 Å². The predicted molar refractivity (Wildman–Crippen MR) is 440 cm³/mol. The molecule has 5 heteroatoms. The molecule has 0 unspecified atom stereocenters. The van der Waals surface area contributed by atoms with Gasteiger partial charge in [-0.2, -0.15) is 0 Å². The smallest absolute Gasteiger partial charge is 0.252 e. The zero-order valence-electron chi connectivity index (χ0n) is 62.5. The van der Waals surface area contributed by atoms with E-state index in [0.717, 1.165) is 28.1 Å². The average molecular weight is 1340 g/mol. The minimum Gasteiger partial charge on any atom is -0.310 e. The quantitative estimate of drug-likeness (QED) is 0.135. The van der Waals surface area contributed by atoms with Gasteiger partial charge in [0.15, 0.2) is 5.82 Å². The Morgan fingerprint density at radius 3 is 1.02 bits per heavy atom. The molecule has 2 aliphatic heterocycles. The van der Waals surface area contributed by atoms with Gasteiger partial charge in [-0.1, -0.05) is 267 Å². The maximum absolute atomic E-state index is 6.05. The molecular weight excluding hydrogens is 1240 g/mol. The average Bonchev–Trinajstić information content (AvgIpc) is 1.53. The van der Waals surface area contributed by atoms with E-state index in [4.69, 9.17) is 9.97 Å². The van der Waals surface area contributed by atoms with Crippen molar-refractivity contribution in [1.82, 2.24) is 19.1 Å². The lowest BCUT2D eigenvalue weighted by atomic mass is 9.34. The molecule has 2 aliphatic carbocycles. The molecule has 2 saturated carbocycles. The lowest BCUT2D eigenvalue weighted by Crippen LogP contribution is -2.59. The van der Waals surface area contributed by atoms with E-state index in [0.29, 0.717) is 17.7 Å². The summed E-state index contributed by atoms with van der Waals surface area (Å²) in [6.07, 6.45) is 12.5. The molecule has 0 atom stereocenters. The van der Waals surface area contributed by atoms with Crippen molar-refractivity contribution >= 4 is 66.7 Å². The first-order valence-corrected chi connectivity index (χ1v) is 38.5. The fraction of sp³-hybridized carbons (Fsp3) is 0.286. The second kappa shape index (κ2) is 24.4. The Morgan fingerprint density at radius 2 is 0.670 bits per heavy atom. The fourth-order valence-corrected chi connectivity index (χ4v) is 18.3. The molecule has 0 radical (unpaired) electrons. The summed E-state index contributed by atoms with van der Waals surface area (Å²) < 4.78 is 5.50. The molecule has 103 heavy (non-hydrogen) atoms. The van der Waals surface area contributed by atoms with Gasteiger partial charge in [0.2, 0.25) is 0 Å². The normalized spacial score (nSPS) is 15.1. The highest BCUT2D eigenvalue weighted by molar-refractivity contribution is 7.00. The van der Waals surface area contributed by atoms with Crippen LogP contribution < -0.4 is 16.4 Å².